The fraction of sp³-hybridized carbons (Fsp3) is 0.105. The molecule has 0 saturated heterocycles. The van der Waals surface area contributed by atoms with Crippen molar-refractivity contribution in [3.8, 4) is 5.69 Å². The van der Waals surface area contributed by atoms with Gasteiger partial charge in [0.15, 0.2) is 0 Å². The number of nitrogens with one attached hydrogen (secondary N) is 2. The SMILES string of the molecule is Cc1nn(-c2ccc(F)cc2)c(Cl)c1/C=C/C(=O)NNC(=O)c1cc(Br)cn1C. The Labute approximate surface area is 179 Å². The molecule has 0 radical (unpaired) electrons. The van der Waals surface area contributed by atoms with Crippen LogP contribution in [0.25, 0.3) is 11.8 Å². The standard InChI is InChI=1S/C19H16BrClFN5O2/c1-11-15(18(21)27(25-11)14-5-3-13(22)4-6-14)7-8-17(28)23-24-19(29)16-9-12(20)10-26(16)2/h3-10H,1-2H3,(H,23,28)(H,24,29)/b8-7+. The molecule has 0 saturated carbocycles. The Balaban J connectivity index is 1.68. The van der Waals surface area contributed by atoms with Crippen molar-refractivity contribution in [1.82, 2.24) is 25.2 Å². The molecule has 150 valence electrons. The number of amides is 2. The first-order valence-corrected chi connectivity index (χ1v) is 9.54. The van der Waals surface area contributed by atoms with Gasteiger partial charge in [-0.25, -0.2) is 9.07 Å². The smallest absolute Gasteiger partial charge is 0.286 e. The number of hydrazine groups is 1. The molecule has 2 amide bonds. The minimum absolute atomic E-state index is 0.274. The Morgan fingerprint density at radius 2 is 1.93 bits per heavy atom. The Morgan fingerprint density at radius 1 is 1.24 bits per heavy atom. The lowest BCUT2D eigenvalue weighted by atomic mass is 10.2. The first kappa shape index (κ1) is 20.8. The molecule has 0 fully saturated rings. The summed E-state index contributed by atoms with van der Waals surface area (Å²) in [6, 6.07) is 7.33. The molecule has 2 heterocycles. The van der Waals surface area contributed by atoms with Crippen LogP contribution in [-0.2, 0) is 11.8 Å². The number of aromatic nitrogens is 3. The molecule has 10 heteroatoms. The van der Waals surface area contributed by atoms with Gasteiger partial charge in [-0.3, -0.25) is 20.4 Å². The molecule has 0 atom stereocenters. The summed E-state index contributed by atoms with van der Waals surface area (Å²) in [6.45, 7) is 1.73. The average molecular weight is 481 g/mol. The molecule has 1 aromatic carbocycles. The number of halogens is 3. The van der Waals surface area contributed by atoms with Crippen molar-refractivity contribution < 1.29 is 14.0 Å². The second-order valence-corrected chi connectivity index (χ2v) is 7.38. The maximum atomic E-state index is 13.1. The molecule has 2 N–H and O–H groups in total. The van der Waals surface area contributed by atoms with Gasteiger partial charge in [0.1, 0.15) is 16.7 Å². The van der Waals surface area contributed by atoms with Gasteiger partial charge in [0.2, 0.25) is 0 Å². The maximum Gasteiger partial charge on any atom is 0.286 e. The lowest BCUT2D eigenvalue weighted by molar-refractivity contribution is -0.117. The van der Waals surface area contributed by atoms with Gasteiger partial charge in [0.25, 0.3) is 11.8 Å². The summed E-state index contributed by atoms with van der Waals surface area (Å²) in [7, 11) is 1.71. The van der Waals surface area contributed by atoms with Crippen molar-refractivity contribution in [3.05, 3.63) is 75.0 Å². The lowest BCUT2D eigenvalue weighted by Crippen LogP contribution is -2.41. The van der Waals surface area contributed by atoms with E-state index in [-0.39, 0.29) is 11.0 Å². The molecular formula is C19H16BrClFN5O2. The van der Waals surface area contributed by atoms with Crippen LogP contribution < -0.4 is 10.9 Å². The minimum atomic E-state index is -0.545. The topological polar surface area (TPSA) is 81.0 Å². The molecule has 0 aliphatic carbocycles. The van der Waals surface area contributed by atoms with Crippen LogP contribution in [0.5, 0.6) is 0 Å². The predicted octanol–water partition coefficient (Wildman–Crippen LogP) is 3.55. The Kier molecular flexibility index (Phi) is 6.19. The third-order valence-corrected chi connectivity index (χ3v) is 4.82. The fourth-order valence-electron chi connectivity index (χ4n) is 2.59. The molecular weight excluding hydrogens is 465 g/mol. The van der Waals surface area contributed by atoms with Gasteiger partial charge in [-0.1, -0.05) is 11.6 Å². The van der Waals surface area contributed by atoms with E-state index >= 15 is 0 Å². The molecule has 0 unspecified atom stereocenters. The summed E-state index contributed by atoms with van der Waals surface area (Å²) in [6.07, 6.45) is 4.44. The zero-order valence-electron chi connectivity index (χ0n) is 15.4. The summed E-state index contributed by atoms with van der Waals surface area (Å²) in [5.41, 5.74) is 6.72. The van der Waals surface area contributed by atoms with Gasteiger partial charge in [-0.2, -0.15) is 5.10 Å². The van der Waals surface area contributed by atoms with E-state index in [0.29, 0.717) is 22.6 Å². The lowest BCUT2D eigenvalue weighted by Gasteiger charge is -2.05. The summed E-state index contributed by atoms with van der Waals surface area (Å²) >= 11 is 9.64. The van der Waals surface area contributed by atoms with Gasteiger partial charge >= 0.3 is 0 Å². The van der Waals surface area contributed by atoms with E-state index in [9.17, 15) is 14.0 Å². The van der Waals surface area contributed by atoms with Crippen molar-refractivity contribution in [1.29, 1.82) is 0 Å². The minimum Gasteiger partial charge on any atom is -0.345 e. The third-order valence-electron chi connectivity index (χ3n) is 4.02. The number of carbonyl (C=O) groups is 2. The highest BCUT2D eigenvalue weighted by molar-refractivity contribution is 9.10. The number of hydrogen-bond donors (Lipinski definition) is 2. The number of nitrogens with zero attached hydrogens (tertiary/aromatic N) is 3. The van der Waals surface area contributed by atoms with Crippen molar-refractivity contribution in [2.24, 2.45) is 7.05 Å². The Bertz CT molecular complexity index is 1100. The summed E-state index contributed by atoms with van der Waals surface area (Å²) in [5.74, 6) is -1.37. The van der Waals surface area contributed by atoms with Crippen molar-refractivity contribution in [3.63, 3.8) is 0 Å². The van der Waals surface area contributed by atoms with Gasteiger partial charge in [-0.15, -0.1) is 0 Å². The van der Waals surface area contributed by atoms with Gasteiger partial charge in [0.05, 0.1) is 11.4 Å². The van der Waals surface area contributed by atoms with Crippen LogP contribution in [0.1, 0.15) is 21.7 Å². The summed E-state index contributed by atoms with van der Waals surface area (Å²) in [5, 5.41) is 4.59. The quantitative estimate of drug-likeness (QED) is 0.443. The van der Waals surface area contributed by atoms with Crippen LogP contribution in [0.4, 0.5) is 4.39 Å². The van der Waals surface area contributed by atoms with Crippen molar-refractivity contribution in [2.75, 3.05) is 0 Å². The Morgan fingerprint density at radius 3 is 2.55 bits per heavy atom. The van der Waals surface area contributed by atoms with Crippen molar-refractivity contribution >= 4 is 45.4 Å². The molecule has 0 aliphatic rings. The number of carbonyl (C=O) groups excluding carboxylic acids is 2. The van der Waals surface area contributed by atoms with Crippen LogP contribution in [-0.4, -0.2) is 26.2 Å². The van der Waals surface area contributed by atoms with Gasteiger partial charge in [0, 0.05) is 29.4 Å². The molecule has 0 aliphatic heterocycles. The van der Waals surface area contributed by atoms with E-state index in [2.05, 4.69) is 31.9 Å². The first-order chi connectivity index (χ1) is 13.8. The monoisotopic (exact) mass is 479 g/mol. The van der Waals surface area contributed by atoms with E-state index in [1.165, 1.54) is 29.0 Å². The van der Waals surface area contributed by atoms with E-state index < -0.39 is 11.8 Å². The highest BCUT2D eigenvalue weighted by Gasteiger charge is 2.14. The zero-order valence-corrected chi connectivity index (χ0v) is 17.8. The molecule has 29 heavy (non-hydrogen) atoms. The van der Waals surface area contributed by atoms with Crippen LogP contribution >= 0.6 is 27.5 Å². The number of rotatable bonds is 4. The molecule has 0 spiro atoms. The van der Waals surface area contributed by atoms with Crippen LogP contribution in [0.3, 0.4) is 0 Å². The summed E-state index contributed by atoms with van der Waals surface area (Å²) < 4.78 is 16.9. The van der Waals surface area contributed by atoms with E-state index in [4.69, 9.17) is 11.6 Å². The highest BCUT2D eigenvalue weighted by Crippen LogP contribution is 2.24. The Hall–Kier alpha value is -2.91. The normalized spacial score (nSPS) is 11.1. The zero-order chi connectivity index (χ0) is 21.1. The molecule has 3 aromatic rings. The molecule has 7 nitrogen and oxygen atoms in total. The average Bonchev–Trinajstić information content (AvgIpc) is 3.16. The molecule has 0 bridgehead atoms. The van der Waals surface area contributed by atoms with E-state index in [1.54, 1.807) is 42.9 Å². The van der Waals surface area contributed by atoms with Crippen LogP contribution in [0.2, 0.25) is 5.15 Å². The number of benzene rings is 1. The largest absolute Gasteiger partial charge is 0.345 e. The highest BCUT2D eigenvalue weighted by atomic mass is 79.9. The van der Waals surface area contributed by atoms with Gasteiger partial charge in [-0.05, 0) is 59.3 Å². The predicted molar refractivity (Wildman–Crippen MR) is 111 cm³/mol. The number of aryl methyl sites for hydroxylation is 2. The van der Waals surface area contributed by atoms with E-state index in [0.717, 1.165) is 4.47 Å². The van der Waals surface area contributed by atoms with Crippen LogP contribution in [0.15, 0.2) is 47.1 Å². The van der Waals surface area contributed by atoms with Crippen molar-refractivity contribution in [2.45, 2.75) is 6.92 Å². The number of hydrogen-bond acceptors (Lipinski definition) is 3. The van der Waals surface area contributed by atoms with Gasteiger partial charge < -0.3 is 4.57 Å². The van der Waals surface area contributed by atoms with Crippen LogP contribution in [0, 0.1) is 12.7 Å². The third kappa shape index (κ3) is 4.75. The molecule has 2 aromatic heterocycles. The second kappa shape index (κ2) is 8.62. The summed E-state index contributed by atoms with van der Waals surface area (Å²) in [4.78, 5) is 24.1. The first-order valence-electron chi connectivity index (χ1n) is 8.37. The molecule has 3 rings (SSSR count). The fourth-order valence-corrected chi connectivity index (χ4v) is 3.45. The van der Waals surface area contributed by atoms with E-state index in [1.807, 2.05) is 0 Å². The maximum absolute atomic E-state index is 13.1. The second-order valence-electron chi connectivity index (χ2n) is 6.11.